The molecule has 1 aliphatic carbocycles. The van der Waals surface area contributed by atoms with E-state index in [9.17, 15) is 4.79 Å². The van der Waals surface area contributed by atoms with E-state index in [2.05, 4.69) is 23.7 Å². The fourth-order valence-electron chi connectivity index (χ4n) is 0.875. The van der Waals surface area contributed by atoms with Gasteiger partial charge >= 0.3 is 0 Å². The van der Waals surface area contributed by atoms with Crippen molar-refractivity contribution in [3.05, 3.63) is 11.6 Å². The van der Waals surface area contributed by atoms with Crippen LogP contribution in [0, 0.1) is 36.5 Å². The van der Waals surface area contributed by atoms with E-state index in [4.69, 9.17) is 12.8 Å². The van der Waals surface area contributed by atoms with Gasteiger partial charge in [-0.25, -0.2) is 0 Å². The summed E-state index contributed by atoms with van der Waals surface area (Å²) in [5, 5.41) is 0. The summed E-state index contributed by atoms with van der Waals surface area (Å²) in [5.74, 6) is 8.61. The molecule has 0 fully saturated rings. The maximum atomic E-state index is 9.94. The number of carbonyl (C=O) groups is 1. The molecule has 0 aromatic carbocycles. The van der Waals surface area contributed by atoms with Gasteiger partial charge in [-0.3, -0.25) is 4.79 Å². The molecule has 0 spiro atoms. The van der Waals surface area contributed by atoms with Crippen molar-refractivity contribution in [3.8, 4) is 36.5 Å². The topological polar surface area (TPSA) is 48.6 Å². The lowest BCUT2D eigenvalue weighted by atomic mass is 10.3. The lowest BCUT2D eigenvalue weighted by Crippen LogP contribution is -1.73. The largest absolute Gasteiger partial charge is 0.412 e. The summed E-state index contributed by atoms with van der Waals surface area (Å²) in [6.07, 6.45) is 15.6. The molecule has 2 heteroatoms. The Morgan fingerprint density at radius 2 is 1.86 bits per heavy atom. The van der Waals surface area contributed by atoms with Crippen LogP contribution in [0.15, 0.2) is 11.6 Å². The Kier molecular flexibility index (Phi) is 11.5. The smallest absolute Gasteiger partial charge is 0.145 e. The van der Waals surface area contributed by atoms with Crippen LogP contribution in [0.3, 0.4) is 0 Å². The Morgan fingerprint density at radius 3 is 2.07 bits per heavy atom. The summed E-state index contributed by atoms with van der Waals surface area (Å²) < 4.78 is 0. The Balaban J connectivity index is 0. The first kappa shape index (κ1) is 14.6. The van der Waals surface area contributed by atoms with Crippen molar-refractivity contribution in [1.29, 1.82) is 0 Å². The second-order valence-corrected chi connectivity index (χ2v) is 2.33. The third-order valence-electron chi connectivity index (χ3n) is 1.43. The lowest BCUT2D eigenvalue weighted by molar-refractivity contribution is -0.105. The molecule has 0 amide bonds. The van der Waals surface area contributed by atoms with Crippen molar-refractivity contribution in [2.24, 2.45) is 0 Å². The van der Waals surface area contributed by atoms with Crippen molar-refractivity contribution < 1.29 is 10.3 Å². The monoisotopic (exact) mass is 188 g/mol. The zero-order valence-corrected chi connectivity index (χ0v) is 7.84. The number of allylic oxidation sites excluding steroid dienone is 2. The number of carbonyl (C=O) groups excluding carboxylic acids is 1. The zero-order valence-electron chi connectivity index (χ0n) is 7.84. The fourth-order valence-corrected chi connectivity index (χ4v) is 0.875. The molecule has 2 nitrogen and oxygen atoms in total. The molecule has 0 aromatic rings. The minimum Gasteiger partial charge on any atom is -0.412 e. The number of terminal acetylenes is 2. The first-order valence-corrected chi connectivity index (χ1v) is 3.90. The molecule has 0 saturated heterocycles. The number of rotatable bonds is 1. The maximum Gasteiger partial charge on any atom is 0.145 e. The van der Waals surface area contributed by atoms with Gasteiger partial charge in [-0.05, 0) is 48.5 Å². The van der Waals surface area contributed by atoms with Crippen LogP contribution in [0.25, 0.3) is 0 Å². The summed E-state index contributed by atoms with van der Waals surface area (Å²) in [7, 11) is 0. The Morgan fingerprint density at radius 1 is 1.29 bits per heavy atom. The number of hydrogen-bond donors (Lipinski definition) is 0. The van der Waals surface area contributed by atoms with Gasteiger partial charge in [0.2, 0.25) is 0 Å². The summed E-state index contributed by atoms with van der Waals surface area (Å²) in [6.45, 7) is 0. The summed E-state index contributed by atoms with van der Waals surface area (Å²) in [5.41, 5.74) is 0.986. The average Bonchev–Trinajstić information content (AvgIpc) is 2.68. The number of hydrogen-bond acceptors (Lipinski definition) is 1. The SMILES string of the molecule is C#CC#CC#C.O.O=CC1=CCCC1. The van der Waals surface area contributed by atoms with Crippen LogP contribution in [-0.2, 0) is 4.79 Å². The molecule has 0 heterocycles. The molecule has 0 radical (unpaired) electrons. The molecule has 72 valence electrons. The van der Waals surface area contributed by atoms with E-state index in [0.29, 0.717) is 0 Å². The Labute approximate surface area is 84.7 Å². The fraction of sp³-hybridized carbons (Fsp3) is 0.250. The van der Waals surface area contributed by atoms with Crippen molar-refractivity contribution in [2.75, 3.05) is 0 Å². The van der Waals surface area contributed by atoms with Crippen LogP contribution in [0.1, 0.15) is 19.3 Å². The van der Waals surface area contributed by atoms with Crippen molar-refractivity contribution in [1.82, 2.24) is 0 Å². The average molecular weight is 188 g/mol. The normalized spacial score (nSPS) is 10.9. The molecular weight excluding hydrogens is 176 g/mol. The lowest BCUT2D eigenvalue weighted by Gasteiger charge is -1.79. The zero-order chi connectivity index (χ0) is 9.94. The van der Waals surface area contributed by atoms with E-state index >= 15 is 0 Å². The third kappa shape index (κ3) is 8.15. The second-order valence-electron chi connectivity index (χ2n) is 2.33. The number of aldehydes is 1. The van der Waals surface area contributed by atoms with E-state index in [-0.39, 0.29) is 5.48 Å². The van der Waals surface area contributed by atoms with Gasteiger partial charge in [0.1, 0.15) is 6.29 Å². The van der Waals surface area contributed by atoms with Gasteiger partial charge in [-0.1, -0.05) is 6.08 Å². The van der Waals surface area contributed by atoms with Crippen LogP contribution >= 0.6 is 0 Å². The van der Waals surface area contributed by atoms with Crippen LogP contribution < -0.4 is 0 Å². The molecular formula is C12H12O2. The standard InChI is InChI=1S/C6H8O.C6H2.H2O/c7-5-6-3-1-2-4-6;1-3-5-6-4-2;/h3,5H,1-2,4H2;1-2H;1H2. The van der Waals surface area contributed by atoms with Crippen molar-refractivity contribution in [3.63, 3.8) is 0 Å². The van der Waals surface area contributed by atoms with Crippen LogP contribution in [-0.4, -0.2) is 11.8 Å². The molecule has 1 aliphatic rings. The van der Waals surface area contributed by atoms with Crippen molar-refractivity contribution in [2.45, 2.75) is 19.3 Å². The third-order valence-corrected chi connectivity index (χ3v) is 1.43. The van der Waals surface area contributed by atoms with E-state index in [1.54, 1.807) is 0 Å². The van der Waals surface area contributed by atoms with Gasteiger partial charge in [0.25, 0.3) is 0 Å². The highest BCUT2D eigenvalue weighted by Crippen LogP contribution is 2.14. The van der Waals surface area contributed by atoms with Crippen molar-refractivity contribution >= 4 is 6.29 Å². The van der Waals surface area contributed by atoms with Gasteiger partial charge in [0.15, 0.2) is 0 Å². The summed E-state index contributed by atoms with van der Waals surface area (Å²) in [4.78, 5) is 9.94. The molecule has 2 N–H and O–H groups in total. The van der Waals surface area contributed by atoms with E-state index < -0.39 is 0 Å². The molecule has 0 aromatic heterocycles. The predicted molar refractivity (Wildman–Crippen MR) is 57.1 cm³/mol. The van der Waals surface area contributed by atoms with Gasteiger partial charge in [0.05, 0.1) is 0 Å². The summed E-state index contributed by atoms with van der Waals surface area (Å²) in [6, 6.07) is 0. The van der Waals surface area contributed by atoms with Crippen LogP contribution in [0.4, 0.5) is 0 Å². The van der Waals surface area contributed by atoms with Crippen LogP contribution in [0.2, 0.25) is 0 Å². The van der Waals surface area contributed by atoms with E-state index in [1.807, 2.05) is 6.08 Å². The maximum absolute atomic E-state index is 9.94. The minimum absolute atomic E-state index is 0. The summed E-state index contributed by atoms with van der Waals surface area (Å²) >= 11 is 0. The van der Waals surface area contributed by atoms with Gasteiger partial charge < -0.3 is 5.48 Å². The molecule has 1 rings (SSSR count). The van der Waals surface area contributed by atoms with E-state index in [1.165, 1.54) is 6.42 Å². The molecule has 14 heavy (non-hydrogen) atoms. The van der Waals surface area contributed by atoms with Gasteiger partial charge in [-0.2, -0.15) is 0 Å². The van der Waals surface area contributed by atoms with E-state index in [0.717, 1.165) is 24.7 Å². The predicted octanol–water partition coefficient (Wildman–Crippen LogP) is 0.727. The molecule has 0 saturated carbocycles. The molecule has 0 aliphatic heterocycles. The highest BCUT2D eigenvalue weighted by atomic mass is 16.1. The molecule has 0 unspecified atom stereocenters. The first-order chi connectivity index (χ1) is 6.35. The second kappa shape index (κ2) is 11.1. The molecule has 0 atom stereocenters. The quantitative estimate of drug-likeness (QED) is 0.442. The highest BCUT2D eigenvalue weighted by molar-refractivity contribution is 5.73. The Bertz CT molecular complexity index is 308. The first-order valence-electron chi connectivity index (χ1n) is 3.90. The minimum atomic E-state index is 0. The molecule has 0 bridgehead atoms. The van der Waals surface area contributed by atoms with Crippen LogP contribution in [0.5, 0.6) is 0 Å². The highest BCUT2D eigenvalue weighted by Gasteiger charge is 1.99. The van der Waals surface area contributed by atoms with Gasteiger partial charge in [-0.15, -0.1) is 12.8 Å². The Hall–Kier alpha value is -1.95. The van der Waals surface area contributed by atoms with Gasteiger partial charge in [0, 0.05) is 0 Å².